The highest BCUT2D eigenvalue weighted by Crippen LogP contribution is 2.46. The third kappa shape index (κ3) is 3.34. The van der Waals surface area contributed by atoms with E-state index in [4.69, 9.17) is 4.74 Å². The monoisotopic (exact) mass is 537 g/mol. The lowest BCUT2D eigenvalue weighted by Crippen LogP contribution is -2.49. The number of para-hydroxylation sites is 2. The Morgan fingerprint density at radius 3 is 2.20 bits per heavy atom. The van der Waals surface area contributed by atoms with E-state index in [0.717, 1.165) is 67.8 Å². The Kier molecular flexibility index (Phi) is 5.33. The molecule has 9 nitrogen and oxygen atoms in total. The molecule has 1 saturated heterocycles. The second-order valence-electron chi connectivity index (χ2n) is 11.2. The van der Waals surface area contributed by atoms with Gasteiger partial charge in [0, 0.05) is 90.9 Å². The van der Waals surface area contributed by atoms with Gasteiger partial charge in [0.2, 0.25) is 0 Å². The first-order valence-corrected chi connectivity index (χ1v) is 14.1. The molecular formula is C31H31N5O4. The summed E-state index contributed by atoms with van der Waals surface area (Å²) in [7, 11) is 0. The minimum atomic E-state index is -0.272. The van der Waals surface area contributed by atoms with Gasteiger partial charge in [0.25, 0.3) is 5.91 Å². The Morgan fingerprint density at radius 1 is 0.900 bits per heavy atom. The van der Waals surface area contributed by atoms with Crippen molar-refractivity contribution in [2.45, 2.75) is 19.6 Å². The quantitative estimate of drug-likeness (QED) is 0.366. The van der Waals surface area contributed by atoms with Crippen molar-refractivity contribution in [1.29, 1.82) is 0 Å². The molecule has 2 N–H and O–H groups in total. The highest BCUT2D eigenvalue weighted by Gasteiger charge is 2.34. The van der Waals surface area contributed by atoms with Gasteiger partial charge in [-0.05, 0) is 17.7 Å². The molecule has 0 spiro atoms. The zero-order valence-corrected chi connectivity index (χ0v) is 22.2. The smallest absolute Gasteiger partial charge is 0.409 e. The van der Waals surface area contributed by atoms with Crippen molar-refractivity contribution >= 4 is 55.6 Å². The summed E-state index contributed by atoms with van der Waals surface area (Å²) in [6.45, 7) is 5.70. The molecule has 1 atom stereocenters. The van der Waals surface area contributed by atoms with Crippen LogP contribution in [-0.4, -0.2) is 82.0 Å². The van der Waals surface area contributed by atoms with Gasteiger partial charge in [-0.2, -0.15) is 0 Å². The first-order chi connectivity index (χ1) is 19.6. The number of nitrogens with zero attached hydrogens (tertiary/aromatic N) is 4. The first kappa shape index (κ1) is 23.8. The van der Waals surface area contributed by atoms with Gasteiger partial charge in [-0.3, -0.25) is 9.69 Å². The average molecular weight is 538 g/mol. The molecule has 1 fully saturated rings. The Morgan fingerprint density at radius 2 is 1.52 bits per heavy atom. The zero-order chi connectivity index (χ0) is 27.0. The minimum absolute atomic E-state index is 0.00885. The van der Waals surface area contributed by atoms with Crippen molar-refractivity contribution in [3.8, 4) is 0 Å². The molecule has 3 aliphatic heterocycles. The Balaban J connectivity index is 1.24. The first-order valence-electron chi connectivity index (χ1n) is 14.1. The van der Waals surface area contributed by atoms with Crippen LogP contribution in [0.5, 0.6) is 0 Å². The highest BCUT2D eigenvalue weighted by atomic mass is 16.6. The number of nitrogens with one attached hydrogen (secondary N) is 1. The Labute approximate surface area is 230 Å². The van der Waals surface area contributed by atoms with Gasteiger partial charge in [-0.1, -0.05) is 36.4 Å². The lowest BCUT2D eigenvalue weighted by molar-refractivity contribution is 0.0590. The van der Waals surface area contributed by atoms with Crippen LogP contribution in [0.1, 0.15) is 15.9 Å². The second kappa shape index (κ2) is 8.97. The summed E-state index contributed by atoms with van der Waals surface area (Å²) < 4.78 is 10.7. The number of aromatic nitrogens is 2. The number of carbonyl (C=O) groups excluding carboxylic acids is 2. The SMILES string of the molecule is O=C1NCc2c1c1c3ccccc3n3c1c1c2c2ccccc2n1CC(COC(=O)N1CCN(CCO)CC1)C3. The number of fused-ring (bicyclic) bond motifs is 9. The number of β-amino-alcohol motifs (C(OH)–C–C–N with tert-alkyl or cyclic N) is 1. The van der Waals surface area contributed by atoms with Crippen LogP contribution in [0.15, 0.2) is 48.5 Å². The van der Waals surface area contributed by atoms with Gasteiger partial charge < -0.3 is 29.2 Å². The van der Waals surface area contributed by atoms with Crippen molar-refractivity contribution in [3.05, 3.63) is 59.7 Å². The highest BCUT2D eigenvalue weighted by molar-refractivity contribution is 6.30. The van der Waals surface area contributed by atoms with E-state index in [1.807, 2.05) is 12.1 Å². The van der Waals surface area contributed by atoms with Crippen LogP contribution in [0, 0.1) is 5.92 Å². The normalized spacial score (nSPS) is 19.2. The van der Waals surface area contributed by atoms with Gasteiger partial charge in [-0.15, -0.1) is 0 Å². The molecule has 0 saturated carbocycles. The van der Waals surface area contributed by atoms with Crippen molar-refractivity contribution in [2.24, 2.45) is 5.92 Å². The van der Waals surface area contributed by atoms with E-state index in [-0.39, 0.29) is 24.5 Å². The van der Waals surface area contributed by atoms with Crippen molar-refractivity contribution in [2.75, 3.05) is 45.9 Å². The maximum atomic E-state index is 13.3. The molecule has 2 aromatic heterocycles. The fourth-order valence-corrected chi connectivity index (χ4v) is 7.25. The molecule has 40 heavy (non-hydrogen) atoms. The summed E-state index contributed by atoms with van der Waals surface area (Å²) >= 11 is 0. The summed E-state index contributed by atoms with van der Waals surface area (Å²) in [5, 5.41) is 16.7. The van der Waals surface area contributed by atoms with E-state index < -0.39 is 0 Å². The number of hydrogen-bond donors (Lipinski definition) is 2. The van der Waals surface area contributed by atoms with E-state index in [1.165, 1.54) is 0 Å². The number of ether oxygens (including phenoxy) is 1. The maximum absolute atomic E-state index is 13.3. The van der Waals surface area contributed by atoms with Crippen LogP contribution < -0.4 is 5.32 Å². The molecule has 8 rings (SSSR count). The van der Waals surface area contributed by atoms with Gasteiger partial charge >= 0.3 is 6.09 Å². The average Bonchev–Trinajstić information content (AvgIpc) is 3.58. The van der Waals surface area contributed by atoms with Gasteiger partial charge in [0.05, 0.1) is 29.8 Å². The van der Waals surface area contributed by atoms with E-state index in [0.29, 0.717) is 45.9 Å². The molecule has 2 amide bonds. The van der Waals surface area contributed by atoms with E-state index in [9.17, 15) is 14.7 Å². The fourth-order valence-electron chi connectivity index (χ4n) is 7.25. The summed E-state index contributed by atoms with van der Waals surface area (Å²) in [5.74, 6) is 0.0409. The number of piperazine rings is 1. The molecule has 0 aliphatic carbocycles. The molecule has 5 heterocycles. The van der Waals surface area contributed by atoms with Crippen molar-refractivity contribution in [3.63, 3.8) is 0 Å². The molecule has 3 aliphatic rings. The van der Waals surface area contributed by atoms with Crippen molar-refractivity contribution in [1.82, 2.24) is 24.3 Å². The largest absolute Gasteiger partial charge is 0.449 e. The van der Waals surface area contributed by atoms with E-state index in [2.05, 4.69) is 55.7 Å². The number of hydrogen-bond acceptors (Lipinski definition) is 5. The molecule has 204 valence electrons. The molecule has 3 aromatic carbocycles. The summed E-state index contributed by atoms with van der Waals surface area (Å²) in [4.78, 5) is 30.3. The number of benzene rings is 3. The van der Waals surface area contributed by atoms with Crippen LogP contribution in [0.4, 0.5) is 4.79 Å². The van der Waals surface area contributed by atoms with Crippen molar-refractivity contribution < 1.29 is 19.4 Å². The third-order valence-electron chi connectivity index (χ3n) is 9.04. The predicted octanol–water partition coefficient (Wildman–Crippen LogP) is 3.52. The molecule has 9 heteroatoms. The second-order valence-corrected chi connectivity index (χ2v) is 11.2. The van der Waals surface area contributed by atoms with Gasteiger partial charge in [-0.25, -0.2) is 4.79 Å². The van der Waals surface area contributed by atoms with Crippen LogP contribution in [0.25, 0.3) is 43.6 Å². The van der Waals surface area contributed by atoms with Gasteiger partial charge in [0.1, 0.15) is 0 Å². The summed E-state index contributed by atoms with van der Waals surface area (Å²) in [6, 6.07) is 16.8. The van der Waals surface area contributed by atoms with E-state index in [1.54, 1.807) is 4.90 Å². The molecular weight excluding hydrogens is 506 g/mol. The number of carbonyl (C=O) groups is 2. The van der Waals surface area contributed by atoms with Crippen LogP contribution >= 0.6 is 0 Å². The van der Waals surface area contributed by atoms with Crippen LogP contribution in [-0.2, 0) is 24.4 Å². The van der Waals surface area contributed by atoms with Gasteiger partial charge in [0.15, 0.2) is 0 Å². The minimum Gasteiger partial charge on any atom is -0.449 e. The zero-order valence-electron chi connectivity index (χ0n) is 22.2. The van der Waals surface area contributed by atoms with Crippen LogP contribution in [0.2, 0.25) is 0 Å². The Hall–Kier alpha value is -4.08. The lowest BCUT2D eigenvalue weighted by atomic mass is 9.97. The number of amides is 2. The fraction of sp³-hybridized carbons (Fsp3) is 0.355. The topological polar surface area (TPSA) is 92.0 Å². The number of aliphatic hydroxyl groups excluding tert-OH is 1. The number of aliphatic hydroxyl groups is 1. The molecule has 0 radical (unpaired) electrons. The molecule has 5 aromatic rings. The van der Waals surface area contributed by atoms with E-state index >= 15 is 0 Å². The standard InChI is InChI=1S/C31H31N5O4/c37-14-13-33-9-11-34(12-10-33)31(39)40-18-19-16-35-23-7-3-1-5-20(23)25-22-15-32-30(38)27(22)26-21-6-2-4-8-24(21)36(17-19)29(26)28(25)35/h1-8,19,37H,9-18H2,(H,32,38). The lowest BCUT2D eigenvalue weighted by Gasteiger charge is -2.33. The maximum Gasteiger partial charge on any atom is 0.409 e. The van der Waals surface area contributed by atoms with Crippen LogP contribution in [0.3, 0.4) is 0 Å². The summed E-state index contributed by atoms with van der Waals surface area (Å²) in [6.07, 6.45) is -0.272. The summed E-state index contributed by atoms with van der Waals surface area (Å²) in [5.41, 5.74) is 6.37. The number of rotatable bonds is 4. The predicted molar refractivity (Wildman–Crippen MR) is 154 cm³/mol. The molecule has 0 bridgehead atoms. The third-order valence-corrected chi connectivity index (χ3v) is 9.04. The Bertz CT molecular complexity index is 1850. The molecule has 1 unspecified atom stereocenters.